The summed E-state index contributed by atoms with van der Waals surface area (Å²) in [4.78, 5) is 18.6. The molecule has 0 radical (unpaired) electrons. The minimum absolute atomic E-state index is 0.0774. The molecule has 0 saturated heterocycles. The van der Waals surface area contributed by atoms with Crippen LogP contribution in [-0.4, -0.2) is 20.5 Å². The first-order valence-corrected chi connectivity index (χ1v) is 7.87. The van der Waals surface area contributed by atoms with Crippen LogP contribution in [0.3, 0.4) is 0 Å². The lowest BCUT2D eigenvalue weighted by molar-refractivity contribution is -0.0196. The maximum absolute atomic E-state index is 12.8. The highest BCUT2D eigenvalue weighted by Crippen LogP contribution is 2.48. The average molecular weight is 339 g/mol. The molecule has 2 N–H and O–H groups in total. The van der Waals surface area contributed by atoms with Crippen molar-refractivity contribution in [3.8, 4) is 34.1 Å². The Kier molecular flexibility index (Phi) is 3.03. The molecular formula is C19H17NO5. The molecule has 0 amide bonds. The van der Waals surface area contributed by atoms with E-state index in [0.29, 0.717) is 28.0 Å². The summed E-state index contributed by atoms with van der Waals surface area (Å²) >= 11 is 0. The molecular weight excluding hydrogens is 322 g/mol. The molecule has 1 aliphatic rings. The van der Waals surface area contributed by atoms with E-state index in [-0.39, 0.29) is 16.9 Å². The highest BCUT2D eigenvalue weighted by Gasteiger charge is 2.26. The predicted molar refractivity (Wildman–Crippen MR) is 93.4 cm³/mol. The maximum Gasteiger partial charge on any atom is 0.294 e. The topological polar surface area (TPSA) is 80.9 Å². The van der Waals surface area contributed by atoms with E-state index >= 15 is 0 Å². The van der Waals surface area contributed by atoms with Gasteiger partial charge in [-0.1, -0.05) is 0 Å². The number of fused-ring (bicyclic) bond motifs is 2. The first kappa shape index (κ1) is 15.4. The van der Waals surface area contributed by atoms with Crippen LogP contribution < -0.4 is 15.1 Å². The maximum atomic E-state index is 12.8. The van der Waals surface area contributed by atoms with Gasteiger partial charge in [0.1, 0.15) is 28.6 Å². The third-order valence-electron chi connectivity index (χ3n) is 3.92. The summed E-state index contributed by atoms with van der Waals surface area (Å²) in [5.41, 5.74) is 0.182. The summed E-state index contributed by atoms with van der Waals surface area (Å²) in [6.07, 6.45) is 1.57. The van der Waals surface area contributed by atoms with Crippen molar-refractivity contribution in [1.82, 2.24) is 4.73 Å². The quantitative estimate of drug-likeness (QED) is 0.555. The molecule has 2 aromatic carbocycles. The first-order chi connectivity index (χ1) is 11.7. The number of hydrogen-bond donors (Lipinski definition) is 2. The van der Waals surface area contributed by atoms with Crippen LogP contribution in [0.2, 0.25) is 0 Å². The van der Waals surface area contributed by atoms with Crippen molar-refractivity contribution in [2.24, 2.45) is 0 Å². The summed E-state index contributed by atoms with van der Waals surface area (Å²) in [7, 11) is 0. The number of pyridine rings is 1. The molecule has 6 nitrogen and oxygen atoms in total. The van der Waals surface area contributed by atoms with E-state index in [0.717, 1.165) is 4.73 Å². The van der Waals surface area contributed by atoms with Gasteiger partial charge in [-0.25, -0.2) is 0 Å². The number of rotatable bonds is 1. The van der Waals surface area contributed by atoms with Crippen molar-refractivity contribution in [2.45, 2.75) is 26.4 Å². The Hall–Kier alpha value is -3.15. The fourth-order valence-electron chi connectivity index (χ4n) is 3.00. The second-order valence-corrected chi connectivity index (χ2v) is 6.99. The van der Waals surface area contributed by atoms with Crippen molar-refractivity contribution >= 4 is 10.8 Å². The molecule has 6 heteroatoms. The van der Waals surface area contributed by atoms with Gasteiger partial charge in [-0.3, -0.25) is 4.79 Å². The number of phenols is 2. The molecule has 1 aliphatic heterocycles. The molecule has 2 heterocycles. The summed E-state index contributed by atoms with van der Waals surface area (Å²) in [6.45, 7) is 5.48. The molecule has 0 aliphatic carbocycles. The van der Waals surface area contributed by atoms with E-state index in [9.17, 15) is 15.0 Å². The van der Waals surface area contributed by atoms with E-state index < -0.39 is 11.2 Å². The van der Waals surface area contributed by atoms with Crippen molar-refractivity contribution < 1.29 is 19.8 Å². The SMILES string of the molecule is CC(C)(C)On1cc2c3c(ccc(O)c3c1=O)Oc1ccc(O)cc1-2. The number of aromatic nitrogens is 1. The Morgan fingerprint density at radius 3 is 2.44 bits per heavy atom. The zero-order valence-corrected chi connectivity index (χ0v) is 14.0. The molecule has 0 spiro atoms. The highest BCUT2D eigenvalue weighted by atomic mass is 16.7. The van der Waals surface area contributed by atoms with Gasteiger partial charge >= 0.3 is 0 Å². The summed E-state index contributed by atoms with van der Waals surface area (Å²) in [6, 6.07) is 7.79. The van der Waals surface area contributed by atoms with Gasteiger partial charge in [0.15, 0.2) is 0 Å². The van der Waals surface area contributed by atoms with Gasteiger partial charge in [0.05, 0.1) is 11.6 Å². The zero-order valence-electron chi connectivity index (χ0n) is 14.0. The van der Waals surface area contributed by atoms with E-state index in [2.05, 4.69) is 0 Å². The second-order valence-electron chi connectivity index (χ2n) is 6.99. The number of ether oxygens (including phenoxy) is 1. The van der Waals surface area contributed by atoms with Gasteiger partial charge < -0.3 is 19.8 Å². The van der Waals surface area contributed by atoms with Gasteiger partial charge in [-0.05, 0) is 51.1 Å². The number of nitrogens with zero attached hydrogens (tertiary/aromatic N) is 1. The van der Waals surface area contributed by atoms with E-state index in [1.165, 1.54) is 12.1 Å². The standard InChI is InChI=1S/C19H17NO5/c1-19(2,3)25-20-9-12-11-8-10(21)4-6-14(11)24-15-7-5-13(22)17(16(12)15)18(20)23/h4-9,21-22H,1-3H3. The fraction of sp³-hybridized carbons (Fsp3) is 0.211. The monoisotopic (exact) mass is 339 g/mol. The van der Waals surface area contributed by atoms with Gasteiger partial charge in [0.2, 0.25) is 0 Å². The summed E-state index contributed by atoms with van der Waals surface area (Å²) in [5.74, 6) is 0.955. The van der Waals surface area contributed by atoms with Crippen LogP contribution >= 0.6 is 0 Å². The Labute approximate surface area is 143 Å². The fourth-order valence-corrected chi connectivity index (χ4v) is 3.00. The lowest BCUT2D eigenvalue weighted by atomic mass is 9.96. The van der Waals surface area contributed by atoms with E-state index in [4.69, 9.17) is 9.57 Å². The highest BCUT2D eigenvalue weighted by molar-refractivity contribution is 6.05. The Morgan fingerprint density at radius 2 is 1.72 bits per heavy atom. The van der Waals surface area contributed by atoms with E-state index in [1.807, 2.05) is 20.8 Å². The number of aromatic hydroxyl groups is 2. The predicted octanol–water partition coefficient (Wildman–Crippen LogP) is 3.41. The van der Waals surface area contributed by atoms with Crippen LogP contribution in [0.4, 0.5) is 0 Å². The number of hydrogen-bond acceptors (Lipinski definition) is 5. The molecule has 0 atom stereocenters. The molecule has 0 saturated carbocycles. The first-order valence-electron chi connectivity index (χ1n) is 7.87. The van der Waals surface area contributed by atoms with Crippen molar-refractivity contribution in [1.29, 1.82) is 0 Å². The third kappa shape index (κ3) is 2.38. The van der Waals surface area contributed by atoms with Gasteiger partial charge in [0, 0.05) is 16.5 Å². The molecule has 0 fully saturated rings. The molecule has 1 aromatic heterocycles. The largest absolute Gasteiger partial charge is 0.508 e. The van der Waals surface area contributed by atoms with Gasteiger partial charge in [-0.2, -0.15) is 4.73 Å². The normalized spacial score (nSPS) is 12.6. The smallest absolute Gasteiger partial charge is 0.294 e. The minimum Gasteiger partial charge on any atom is -0.508 e. The second kappa shape index (κ2) is 4.92. The Bertz CT molecular complexity index is 1080. The van der Waals surface area contributed by atoms with Crippen LogP contribution in [0.5, 0.6) is 23.0 Å². The van der Waals surface area contributed by atoms with Crippen LogP contribution in [0.25, 0.3) is 21.9 Å². The molecule has 25 heavy (non-hydrogen) atoms. The average Bonchev–Trinajstić information content (AvgIpc) is 2.52. The van der Waals surface area contributed by atoms with E-state index in [1.54, 1.807) is 24.4 Å². The van der Waals surface area contributed by atoms with Gasteiger partial charge in [0.25, 0.3) is 5.56 Å². The van der Waals surface area contributed by atoms with Crippen LogP contribution in [-0.2, 0) is 0 Å². The molecule has 0 bridgehead atoms. The lowest BCUT2D eigenvalue weighted by Gasteiger charge is -2.25. The minimum atomic E-state index is -0.607. The van der Waals surface area contributed by atoms with Crippen LogP contribution in [0.15, 0.2) is 41.3 Å². The third-order valence-corrected chi connectivity index (χ3v) is 3.92. The zero-order chi connectivity index (χ0) is 17.9. The molecule has 4 rings (SSSR count). The van der Waals surface area contributed by atoms with Gasteiger partial charge in [-0.15, -0.1) is 0 Å². The molecule has 3 aromatic rings. The Morgan fingerprint density at radius 1 is 1.00 bits per heavy atom. The lowest BCUT2D eigenvalue weighted by Crippen LogP contribution is -2.38. The Balaban J connectivity index is 2.14. The molecule has 0 unspecified atom stereocenters. The van der Waals surface area contributed by atoms with Crippen molar-refractivity contribution in [2.75, 3.05) is 0 Å². The number of benzene rings is 2. The summed E-state index contributed by atoms with van der Waals surface area (Å²) in [5, 5.41) is 20.7. The van der Waals surface area contributed by atoms with Crippen molar-refractivity contribution in [3.63, 3.8) is 0 Å². The van der Waals surface area contributed by atoms with Crippen LogP contribution in [0.1, 0.15) is 20.8 Å². The summed E-state index contributed by atoms with van der Waals surface area (Å²) < 4.78 is 6.97. The number of phenolic OH excluding ortho intramolecular Hbond substituents is 2. The molecule has 128 valence electrons. The van der Waals surface area contributed by atoms with Crippen molar-refractivity contribution in [3.05, 3.63) is 46.9 Å². The van der Waals surface area contributed by atoms with Crippen LogP contribution in [0, 0.1) is 0 Å².